The quantitative estimate of drug-likeness (QED) is 0.531. The lowest BCUT2D eigenvalue weighted by molar-refractivity contribution is -0.139. The summed E-state index contributed by atoms with van der Waals surface area (Å²) in [5.41, 5.74) is 0.242. The van der Waals surface area contributed by atoms with Gasteiger partial charge in [-0.05, 0) is 85.4 Å². The van der Waals surface area contributed by atoms with Gasteiger partial charge in [0.15, 0.2) is 0 Å². The molecule has 0 bridgehead atoms. The minimum Gasteiger partial charge on any atom is -0.490 e. The number of hydrogen-bond donors (Lipinski definition) is 1. The highest BCUT2D eigenvalue weighted by molar-refractivity contribution is 5.89. The van der Waals surface area contributed by atoms with E-state index in [9.17, 15) is 18.0 Å². The number of piperidine rings is 1. The maximum absolute atomic E-state index is 14.1. The van der Waals surface area contributed by atoms with Gasteiger partial charge in [-0.1, -0.05) is 25.1 Å². The van der Waals surface area contributed by atoms with E-state index in [1.807, 2.05) is 6.07 Å². The lowest BCUT2D eigenvalue weighted by atomic mass is 9.89. The largest absolute Gasteiger partial charge is 0.490 e. The van der Waals surface area contributed by atoms with Crippen LogP contribution >= 0.6 is 0 Å². The standard InChI is InChI=1S/C26H32F3NO3/c1-17-4-8-21(9-5-17)33-23-11-7-20-13-19(6-10-22(20)25(23)26(27,28)29)16-30-12-2-3-18(15-30)14-24(31)32/h6-7,10-11,13,17-18,21H,2-5,8-9,12,14-16H2,1H3,(H,31,32)/t17-,18?,21+. The summed E-state index contributed by atoms with van der Waals surface area (Å²) in [4.78, 5) is 13.2. The van der Waals surface area contributed by atoms with Gasteiger partial charge >= 0.3 is 12.1 Å². The Kier molecular flexibility index (Phi) is 7.17. The Morgan fingerprint density at radius 3 is 2.58 bits per heavy atom. The summed E-state index contributed by atoms with van der Waals surface area (Å²) in [5, 5.41) is 9.78. The van der Waals surface area contributed by atoms with Crippen LogP contribution in [0.15, 0.2) is 30.3 Å². The predicted molar refractivity (Wildman–Crippen MR) is 121 cm³/mol. The van der Waals surface area contributed by atoms with Gasteiger partial charge in [-0.3, -0.25) is 9.69 Å². The zero-order chi connectivity index (χ0) is 23.6. The average molecular weight is 464 g/mol. The highest BCUT2D eigenvalue weighted by Crippen LogP contribution is 2.43. The van der Waals surface area contributed by atoms with Crippen molar-refractivity contribution in [2.45, 2.75) is 70.7 Å². The maximum atomic E-state index is 14.1. The highest BCUT2D eigenvalue weighted by Gasteiger charge is 2.37. The van der Waals surface area contributed by atoms with Crippen LogP contribution < -0.4 is 4.74 Å². The molecule has 1 heterocycles. The zero-order valence-electron chi connectivity index (χ0n) is 19.0. The van der Waals surface area contributed by atoms with Crippen LogP contribution in [-0.4, -0.2) is 35.2 Å². The molecule has 2 aromatic carbocycles. The molecule has 1 atom stereocenters. The minimum absolute atomic E-state index is 0.0742. The number of carboxylic acid groups (broad SMARTS) is 1. The molecule has 1 aliphatic heterocycles. The third kappa shape index (κ3) is 5.99. The van der Waals surface area contributed by atoms with Gasteiger partial charge in [0, 0.05) is 19.5 Å². The second-order valence-electron chi connectivity index (χ2n) is 9.83. The highest BCUT2D eigenvalue weighted by atomic mass is 19.4. The van der Waals surface area contributed by atoms with Crippen LogP contribution in [0.4, 0.5) is 13.2 Å². The predicted octanol–water partition coefficient (Wildman–Crippen LogP) is 6.50. The van der Waals surface area contributed by atoms with Crippen molar-refractivity contribution >= 4 is 16.7 Å². The molecule has 0 amide bonds. The summed E-state index contributed by atoms with van der Waals surface area (Å²) in [5.74, 6) is -0.139. The summed E-state index contributed by atoms with van der Waals surface area (Å²) >= 11 is 0. The van der Waals surface area contributed by atoms with E-state index in [1.54, 1.807) is 18.2 Å². The van der Waals surface area contributed by atoms with E-state index in [-0.39, 0.29) is 29.6 Å². The van der Waals surface area contributed by atoms with Gasteiger partial charge in [-0.2, -0.15) is 13.2 Å². The van der Waals surface area contributed by atoms with Gasteiger partial charge in [-0.15, -0.1) is 0 Å². The fraction of sp³-hybridized carbons (Fsp3) is 0.577. The second kappa shape index (κ2) is 9.92. The van der Waals surface area contributed by atoms with Crippen LogP contribution in [0.25, 0.3) is 10.8 Å². The molecule has 0 spiro atoms. The molecule has 4 rings (SSSR count). The molecule has 180 valence electrons. The number of carbonyl (C=O) groups is 1. The van der Waals surface area contributed by atoms with Gasteiger partial charge in [0.25, 0.3) is 0 Å². The van der Waals surface area contributed by atoms with E-state index in [2.05, 4.69) is 11.8 Å². The fourth-order valence-corrected chi connectivity index (χ4v) is 5.34. The number of aliphatic carboxylic acids is 1. The molecule has 1 saturated carbocycles. The van der Waals surface area contributed by atoms with Gasteiger partial charge in [-0.25, -0.2) is 0 Å². The van der Waals surface area contributed by atoms with Crippen LogP contribution in [0.5, 0.6) is 5.75 Å². The molecule has 0 radical (unpaired) electrons. The normalized spacial score (nSPS) is 24.7. The number of rotatable bonds is 6. The van der Waals surface area contributed by atoms with Gasteiger partial charge in [0.1, 0.15) is 11.3 Å². The molecule has 1 aliphatic carbocycles. The van der Waals surface area contributed by atoms with E-state index in [1.165, 1.54) is 6.07 Å². The first-order valence-corrected chi connectivity index (χ1v) is 11.9. The lowest BCUT2D eigenvalue weighted by Gasteiger charge is -2.32. The molecule has 7 heteroatoms. The topological polar surface area (TPSA) is 49.8 Å². The van der Waals surface area contributed by atoms with Crippen molar-refractivity contribution in [2.75, 3.05) is 13.1 Å². The second-order valence-corrected chi connectivity index (χ2v) is 9.83. The summed E-state index contributed by atoms with van der Waals surface area (Å²) in [6, 6.07) is 8.32. The van der Waals surface area contributed by atoms with Crippen molar-refractivity contribution in [3.05, 3.63) is 41.5 Å². The smallest absolute Gasteiger partial charge is 0.420 e. The molecular formula is C26H32F3NO3. The average Bonchev–Trinajstić information content (AvgIpc) is 2.74. The molecule has 1 saturated heterocycles. The van der Waals surface area contributed by atoms with Crippen LogP contribution in [0.3, 0.4) is 0 Å². The Hall–Kier alpha value is -2.28. The monoisotopic (exact) mass is 463 g/mol. The summed E-state index contributed by atoms with van der Waals surface area (Å²) in [6.45, 7) is 4.34. The van der Waals surface area contributed by atoms with E-state index in [0.717, 1.165) is 50.6 Å². The number of alkyl halides is 3. The molecule has 1 unspecified atom stereocenters. The lowest BCUT2D eigenvalue weighted by Crippen LogP contribution is -2.35. The van der Waals surface area contributed by atoms with Gasteiger partial charge in [0.05, 0.1) is 6.10 Å². The van der Waals surface area contributed by atoms with E-state index in [4.69, 9.17) is 9.84 Å². The van der Waals surface area contributed by atoms with Crippen molar-refractivity contribution in [1.82, 2.24) is 4.90 Å². The number of fused-ring (bicyclic) bond motifs is 1. The Balaban J connectivity index is 1.55. The van der Waals surface area contributed by atoms with Gasteiger partial charge in [0.2, 0.25) is 0 Å². The Morgan fingerprint density at radius 2 is 1.88 bits per heavy atom. The van der Waals surface area contributed by atoms with Crippen molar-refractivity contribution in [3.8, 4) is 5.75 Å². The Labute approximate surface area is 192 Å². The number of nitrogens with zero attached hydrogens (tertiary/aromatic N) is 1. The number of carboxylic acids is 1. The number of ether oxygens (including phenoxy) is 1. The minimum atomic E-state index is -4.50. The van der Waals surface area contributed by atoms with E-state index >= 15 is 0 Å². The molecule has 2 fully saturated rings. The van der Waals surface area contributed by atoms with Crippen LogP contribution in [0, 0.1) is 11.8 Å². The van der Waals surface area contributed by atoms with E-state index in [0.29, 0.717) is 24.4 Å². The number of benzene rings is 2. The molecule has 2 aliphatic rings. The van der Waals surface area contributed by atoms with Crippen LogP contribution in [0.2, 0.25) is 0 Å². The zero-order valence-corrected chi connectivity index (χ0v) is 19.0. The van der Waals surface area contributed by atoms with Crippen LogP contribution in [0.1, 0.15) is 63.0 Å². The number of hydrogen-bond acceptors (Lipinski definition) is 3. The third-order valence-electron chi connectivity index (χ3n) is 7.06. The summed E-state index contributed by atoms with van der Waals surface area (Å²) in [7, 11) is 0. The first-order valence-electron chi connectivity index (χ1n) is 11.9. The Morgan fingerprint density at radius 1 is 1.12 bits per heavy atom. The summed E-state index contributed by atoms with van der Waals surface area (Å²) in [6.07, 6.45) is 0.850. The summed E-state index contributed by atoms with van der Waals surface area (Å²) < 4.78 is 48.1. The molecule has 33 heavy (non-hydrogen) atoms. The fourth-order valence-electron chi connectivity index (χ4n) is 5.34. The molecular weight excluding hydrogens is 431 g/mol. The molecule has 4 nitrogen and oxygen atoms in total. The molecule has 0 aromatic heterocycles. The number of likely N-dealkylation sites (tertiary alicyclic amines) is 1. The number of halogens is 3. The first kappa shape index (κ1) is 23.9. The van der Waals surface area contributed by atoms with Crippen molar-refractivity contribution in [2.24, 2.45) is 11.8 Å². The van der Waals surface area contributed by atoms with Crippen molar-refractivity contribution < 1.29 is 27.8 Å². The Bertz CT molecular complexity index is 983. The van der Waals surface area contributed by atoms with E-state index < -0.39 is 17.7 Å². The van der Waals surface area contributed by atoms with Crippen molar-refractivity contribution in [1.29, 1.82) is 0 Å². The van der Waals surface area contributed by atoms with Crippen molar-refractivity contribution in [3.63, 3.8) is 0 Å². The maximum Gasteiger partial charge on any atom is 0.420 e. The van der Waals surface area contributed by atoms with Gasteiger partial charge < -0.3 is 9.84 Å². The first-order chi connectivity index (χ1) is 15.7. The third-order valence-corrected chi connectivity index (χ3v) is 7.06. The van der Waals surface area contributed by atoms with Crippen LogP contribution in [-0.2, 0) is 17.5 Å². The molecule has 2 aromatic rings. The molecule has 1 N–H and O–H groups in total. The SMILES string of the molecule is C[C@H]1CC[C@@H](Oc2ccc3cc(CN4CCCC(CC(=O)O)C4)ccc3c2C(F)(F)F)CC1.